The van der Waals surface area contributed by atoms with Crippen molar-refractivity contribution in [3.63, 3.8) is 0 Å². The Balaban J connectivity index is 1.01. The Bertz CT molecular complexity index is 1450. The fraction of sp³-hybridized carbons (Fsp3) is 0.677. The van der Waals surface area contributed by atoms with Gasteiger partial charge in [0, 0.05) is 31.7 Å². The van der Waals surface area contributed by atoms with Crippen LogP contribution in [0, 0.1) is 11.8 Å². The Morgan fingerprint density at radius 1 is 1.14 bits per heavy atom. The highest BCUT2D eigenvalue weighted by molar-refractivity contribution is 6.12. The quantitative estimate of drug-likeness (QED) is 0.353. The normalized spacial score (nSPS) is 26.0. The molecule has 7 rings (SSSR count). The SMILES string of the molecule is CN(CCC1CCNCC1)CC1CCC(n2cc(NC(=O)c3c(N4C[C@H]5C[C@@H]4CO5)nn4cccnc34)c(C(F)F)n2)CC1. The second-order valence-corrected chi connectivity index (χ2v) is 13.2. The first-order valence-corrected chi connectivity index (χ1v) is 16.2. The third kappa shape index (κ3) is 6.05. The molecule has 0 aromatic carbocycles. The number of alkyl halides is 2. The van der Waals surface area contributed by atoms with Gasteiger partial charge in [-0.3, -0.25) is 9.48 Å². The van der Waals surface area contributed by atoms with Crippen molar-refractivity contribution in [1.29, 1.82) is 0 Å². The standard InChI is InChI=1S/C31H43F2N9O2/c1-39(14-9-20-7-11-34-12-8-20)16-21-3-5-22(6-4-21)42-18-25(27(37-42)28(32)33)36-31(43)26-29-35-10-2-13-41(29)38-30(26)40-17-24-15-23(40)19-44-24/h2,10,13,18,20-24,28,34H,3-9,11-12,14-17,19H2,1H3,(H,36,43)/t21?,22?,23-,24-/m1/s1. The number of nitrogens with zero attached hydrogens (tertiary/aromatic N) is 7. The van der Waals surface area contributed by atoms with E-state index >= 15 is 0 Å². The summed E-state index contributed by atoms with van der Waals surface area (Å²) >= 11 is 0. The third-order valence-electron chi connectivity index (χ3n) is 10.1. The van der Waals surface area contributed by atoms with E-state index in [1.807, 2.05) is 0 Å². The number of carbonyl (C=O) groups excluding carboxylic acids is 1. The van der Waals surface area contributed by atoms with Crippen LogP contribution in [-0.4, -0.2) is 93.7 Å². The molecule has 3 saturated heterocycles. The van der Waals surface area contributed by atoms with E-state index < -0.39 is 18.0 Å². The van der Waals surface area contributed by atoms with Crippen LogP contribution in [0.2, 0.25) is 0 Å². The topological polar surface area (TPSA) is 105 Å². The van der Waals surface area contributed by atoms with Crippen LogP contribution in [0.1, 0.15) is 79.9 Å². The van der Waals surface area contributed by atoms with Crippen molar-refractivity contribution in [1.82, 2.24) is 34.6 Å². The maximum absolute atomic E-state index is 14.2. The Kier molecular flexibility index (Phi) is 8.52. The van der Waals surface area contributed by atoms with Crippen molar-refractivity contribution >= 4 is 23.1 Å². The Hall–Kier alpha value is -3.16. The number of halogens is 2. The molecule has 0 spiro atoms. The first-order valence-electron chi connectivity index (χ1n) is 16.2. The van der Waals surface area contributed by atoms with Gasteiger partial charge in [-0.15, -0.1) is 5.10 Å². The molecular weight excluding hydrogens is 568 g/mol. The maximum Gasteiger partial charge on any atom is 0.284 e. The highest BCUT2D eigenvalue weighted by atomic mass is 19.3. The van der Waals surface area contributed by atoms with Crippen LogP contribution in [0.5, 0.6) is 0 Å². The van der Waals surface area contributed by atoms with Gasteiger partial charge in [0.15, 0.2) is 17.2 Å². The number of nitrogens with one attached hydrogen (secondary N) is 2. The molecule has 2 bridgehead atoms. The van der Waals surface area contributed by atoms with Crippen LogP contribution in [0.3, 0.4) is 0 Å². The van der Waals surface area contributed by atoms with Gasteiger partial charge in [-0.25, -0.2) is 18.3 Å². The van der Waals surface area contributed by atoms with Gasteiger partial charge < -0.3 is 25.2 Å². The summed E-state index contributed by atoms with van der Waals surface area (Å²) in [6.07, 6.45) is 10.7. The van der Waals surface area contributed by atoms with Crippen molar-refractivity contribution in [2.45, 2.75) is 76.0 Å². The van der Waals surface area contributed by atoms with Crippen LogP contribution < -0.4 is 15.5 Å². The predicted octanol–water partition coefficient (Wildman–Crippen LogP) is 4.15. The lowest BCUT2D eigenvalue weighted by molar-refractivity contribution is 0.0979. The number of anilines is 2. The van der Waals surface area contributed by atoms with Gasteiger partial charge in [-0.05, 0) is 96.0 Å². The van der Waals surface area contributed by atoms with Crippen LogP contribution in [0.15, 0.2) is 24.7 Å². The molecule has 44 heavy (non-hydrogen) atoms. The van der Waals surface area contributed by atoms with Crippen molar-refractivity contribution < 1.29 is 18.3 Å². The smallest absolute Gasteiger partial charge is 0.284 e. The predicted molar refractivity (Wildman–Crippen MR) is 162 cm³/mol. The van der Waals surface area contributed by atoms with Gasteiger partial charge in [-0.1, -0.05) is 0 Å². The lowest BCUT2D eigenvalue weighted by Crippen LogP contribution is -2.38. The molecule has 2 N–H and O–H groups in total. The summed E-state index contributed by atoms with van der Waals surface area (Å²) in [5.74, 6) is 1.41. The summed E-state index contributed by atoms with van der Waals surface area (Å²) in [5.41, 5.74) is 0.291. The molecule has 3 aromatic heterocycles. The summed E-state index contributed by atoms with van der Waals surface area (Å²) in [6.45, 7) is 5.68. The van der Waals surface area contributed by atoms with Gasteiger partial charge in [0.2, 0.25) is 0 Å². The molecule has 2 atom stereocenters. The summed E-state index contributed by atoms with van der Waals surface area (Å²) in [6, 6.07) is 1.90. The van der Waals surface area contributed by atoms with E-state index in [1.165, 1.54) is 19.3 Å². The molecule has 4 aliphatic rings. The second-order valence-electron chi connectivity index (χ2n) is 13.2. The molecule has 3 aliphatic heterocycles. The van der Waals surface area contributed by atoms with E-state index in [-0.39, 0.29) is 29.4 Å². The van der Waals surface area contributed by atoms with Crippen molar-refractivity contribution in [3.8, 4) is 0 Å². The van der Waals surface area contributed by atoms with Crippen LogP contribution in [-0.2, 0) is 4.74 Å². The molecule has 3 aromatic rings. The van der Waals surface area contributed by atoms with Crippen LogP contribution in [0.25, 0.3) is 5.65 Å². The third-order valence-corrected chi connectivity index (χ3v) is 10.1. The number of fused-ring (bicyclic) bond motifs is 3. The first-order chi connectivity index (χ1) is 21.4. The molecular formula is C31H43F2N9O2. The second kappa shape index (κ2) is 12.7. The van der Waals surface area contributed by atoms with E-state index in [9.17, 15) is 13.6 Å². The molecule has 238 valence electrons. The van der Waals surface area contributed by atoms with E-state index in [1.54, 1.807) is 33.9 Å². The molecule has 1 amide bonds. The Morgan fingerprint density at radius 3 is 2.68 bits per heavy atom. The highest BCUT2D eigenvalue weighted by Crippen LogP contribution is 2.37. The van der Waals surface area contributed by atoms with Gasteiger partial charge in [0.1, 0.15) is 5.56 Å². The fourth-order valence-corrected chi connectivity index (χ4v) is 7.67. The van der Waals surface area contributed by atoms with E-state index in [2.05, 4.69) is 42.7 Å². The molecule has 0 unspecified atom stereocenters. The minimum atomic E-state index is -2.82. The average Bonchev–Trinajstić information content (AvgIpc) is 3.84. The zero-order chi connectivity index (χ0) is 30.2. The van der Waals surface area contributed by atoms with Crippen LogP contribution in [0.4, 0.5) is 20.3 Å². The van der Waals surface area contributed by atoms with Crippen molar-refractivity contribution in [2.24, 2.45) is 11.8 Å². The Labute approximate surface area is 256 Å². The summed E-state index contributed by atoms with van der Waals surface area (Å²) in [5, 5.41) is 15.2. The lowest BCUT2D eigenvalue weighted by Gasteiger charge is -2.32. The lowest BCUT2D eigenvalue weighted by atomic mass is 9.85. The zero-order valence-electron chi connectivity index (χ0n) is 25.4. The number of carbonyl (C=O) groups is 1. The molecule has 1 saturated carbocycles. The molecule has 6 heterocycles. The molecule has 13 heteroatoms. The zero-order valence-corrected chi connectivity index (χ0v) is 25.4. The number of hydrogen-bond acceptors (Lipinski definition) is 8. The summed E-state index contributed by atoms with van der Waals surface area (Å²) in [4.78, 5) is 22.7. The number of morpholine rings is 1. The fourth-order valence-electron chi connectivity index (χ4n) is 7.67. The number of ether oxygens (including phenoxy) is 1. The summed E-state index contributed by atoms with van der Waals surface area (Å²) in [7, 11) is 2.22. The van der Waals surface area contributed by atoms with E-state index in [0.717, 1.165) is 64.2 Å². The molecule has 11 nitrogen and oxygen atoms in total. The minimum Gasteiger partial charge on any atom is -0.374 e. The monoisotopic (exact) mass is 611 g/mol. The molecule has 4 fully saturated rings. The van der Waals surface area contributed by atoms with Crippen molar-refractivity contribution in [2.75, 3.05) is 56.6 Å². The highest BCUT2D eigenvalue weighted by Gasteiger charge is 2.42. The number of rotatable bonds is 10. The number of amides is 1. The van der Waals surface area contributed by atoms with E-state index in [0.29, 0.717) is 30.5 Å². The maximum atomic E-state index is 14.2. The minimum absolute atomic E-state index is 0.0313. The average molecular weight is 612 g/mol. The molecule has 0 radical (unpaired) electrons. The largest absolute Gasteiger partial charge is 0.374 e. The summed E-state index contributed by atoms with van der Waals surface area (Å²) < 4.78 is 37.4. The molecule has 1 aliphatic carbocycles. The van der Waals surface area contributed by atoms with Gasteiger partial charge in [0.05, 0.1) is 30.5 Å². The number of aromatic nitrogens is 5. The first kappa shape index (κ1) is 29.5. The van der Waals surface area contributed by atoms with Gasteiger partial charge in [0.25, 0.3) is 12.3 Å². The van der Waals surface area contributed by atoms with Crippen LogP contribution >= 0.6 is 0 Å². The number of hydrogen-bond donors (Lipinski definition) is 2. The van der Waals surface area contributed by atoms with Gasteiger partial charge >= 0.3 is 0 Å². The van der Waals surface area contributed by atoms with Crippen molar-refractivity contribution in [3.05, 3.63) is 35.9 Å². The Morgan fingerprint density at radius 2 is 1.95 bits per heavy atom. The van der Waals surface area contributed by atoms with E-state index in [4.69, 9.17) is 4.74 Å². The van der Waals surface area contributed by atoms with Gasteiger partial charge in [-0.2, -0.15) is 5.10 Å². The number of piperidine rings is 1.